The van der Waals surface area contributed by atoms with Crippen molar-refractivity contribution in [3.8, 4) is 5.75 Å². The van der Waals surface area contributed by atoms with Crippen molar-refractivity contribution in [2.24, 2.45) is 0 Å². The van der Waals surface area contributed by atoms with Crippen LogP contribution in [0.15, 0.2) is 42.5 Å². The van der Waals surface area contributed by atoms with Crippen molar-refractivity contribution in [3.05, 3.63) is 68.3 Å². The molecule has 0 unspecified atom stereocenters. The lowest BCUT2D eigenvalue weighted by molar-refractivity contribution is -0.394. The lowest BCUT2D eigenvalue weighted by Gasteiger charge is -2.12. The number of hydrogen-bond donors (Lipinski definition) is 1. The summed E-state index contributed by atoms with van der Waals surface area (Å²) >= 11 is 0. The Hall–Kier alpha value is -3.53. The van der Waals surface area contributed by atoms with E-state index in [2.05, 4.69) is 5.32 Å². The van der Waals surface area contributed by atoms with Gasteiger partial charge >= 0.3 is 0 Å². The lowest BCUT2D eigenvalue weighted by atomic mass is 10.1. The van der Waals surface area contributed by atoms with Gasteiger partial charge in [-0.25, -0.2) is 0 Å². The summed E-state index contributed by atoms with van der Waals surface area (Å²) < 4.78 is 10.7. The van der Waals surface area contributed by atoms with Gasteiger partial charge in [0.05, 0.1) is 28.2 Å². The third kappa shape index (κ3) is 5.22. The summed E-state index contributed by atoms with van der Waals surface area (Å²) in [4.78, 5) is 32.9. The molecule has 1 N–H and O–H groups in total. The van der Waals surface area contributed by atoms with E-state index in [0.717, 1.165) is 18.2 Å². The van der Waals surface area contributed by atoms with Crippen molar-refractivity contribution in [2.45, 2.75) is 6.92 Å². The van der Waals surface area contributed by atoms with Gasteiger partial charge in [0.25, 0.3) is 17.3 Å². The third-order valence-electron chi connectivity index (χ3n) is 3.46. The van der Waals surface area contributed by atoms with Crippen molar-refractivity contribution >= 4 is 23.0 Å². The lowest BCUT2D eigenvalue weighted by Crippen LogP contribution is -2.15. The maximum Gasteiger partial charge on any atom is 0.289 e. The van der Waals surface area contributed by atoms with Crippen LogP contribution in [-0.2, 0) is 4.74 Å². The van der Waals surface area contributed by atoms with Gasteiger partial charge in [-0.05, 0) is 25.1 Å². The summed E-state index contributed by atoms with van der Waals surface area (Å²) in [7, 11) is 0. The Morgan fingerprint density at radius 3 is 2.48 bits per heavy atom. The number of nitrogens with zero attached hydrogens (tertiary/aromatic N) is 2. The highest BCUT2D eigenvalue weighted by molar-refractivity contribution is 6.07. The van der Waals surface area contributed by atoms with Crippen LogP contribution < -0.4 is 10.1 Å². The zero-order chi connectivity index (χ0) is 19.8. The monoisotopic (exact) mass is 375 g/mol. The summed E-state index contributed by atoms with van der Waals surface area (Å²) in [5, 5.41) is 24.5. The quantitative estimate of drug-likeness (QED) is 0.404. The van der Waals surface area contributed by atoms with Crippen LogP contribution in [0.4, 0.5) is 17.1 Å². The van der Waals surface area contributed by atoms with Crippen LogP contribution in [0.5, 0.6) is 5.75 Å². The number of anilines is 1. The Morgan fingerprint density at radius 2 is 1.81 bits per heavy atom. The first-order valence-corrected chi connectivity index (χ1v) is 7.97. The van der Waals surface area contributed by atoms with E-state index >= 15 is 0 Å². The summed E-state index contributed by atoms with van der Waals surface area (Å²) in [6.45, 7) is 3.03. The molecule has 0 atom stereocenters. The second-order valence-electron chi connectivity index (χ2n) is 5.21. The van der Waals surface area contributed by atoms with Crippen molar-refractivity contribution in [3.63, 3.8) is 0 Å². The number of benzene rings is 2. The average molecular weight is 375 g/mol. The average Bonchev–Trinajstić information content (AvgIpc) is 2.65. The van der Waals surface area contributed by atoms with Gasteiger partial charge in [-0.15, -0.1) is 0 Å². The van der Waals surface area contributed by atoms with E-state index in [1.54, 1.807) is 24.3 Å². The molecule has 0 saturated carbocycles. The first kappa shape index (κ1) is 19.8. The van der Waals surface area contributed by atoms with E-state index in [9.17, 15) is 25.0 Å². The number of amides is 1. The SMILES string of the molecule is CCOCCOc1ccccc1NC(=O)c1ccc([N+](=O)[O-])cc1[N+](=O)[O-]. The van der Waals surface area contributed by atoms with Gasteiger partial charge in [-0.2, -0.15) is 0 Å². The standard InChI is InChI=1S/C17H17N3O7/c1-2-26-9-10-27-16-6-4-3-5-14(16)18-17(21)13-8-7-12(19(22)23)11-15(13)20(24)25/h3-8,11H,2,9-10H2,1H3,(H,18,21). The number of nitro groups is 2. The number of para-hydroxylation sites is 2. The number of nitrogens with one attached hydrogen (secondary N) is 1. The van der Waals surface area contributed by atoms with Crippen molar-refractivity contribution in [2.75, 3.05) is 25.1 Å². The Kier molecular flexibility index (Phi) is 6.78. The van der Waals surface area contributed by atoms with E-state index in [1.807, 2.05) is 6.92 Å². The van der Waals surface area contributed by atoms with Crippen LogP contribution in [0, 0.1) is 20.2 Å². The van der Waals surface area contributed by atoms with Crippen LogP contribution in [-0.4, -0.2) is 35.6 Å². The first-order valence-electron chi connectivity index (χ1n) is 7.97. The number of carbonyl (C=O) groups is 1. The summed E-state index contributed by atoms with van der Waals surface area (Å²) in [5.41, 5.74) is -1.12. The van der Waals surface area contributed by atoms with E-state index in [-0.39, 0.29) is 12.2 Å². The van der Waals surface area contributed by atoms with Gasteiger partial charge in [-0.3, -0.25) is 25.0 Å². The minimum atomic E-state index is -0.841. The van der Waals surface area contributed by atoms with Crippen molar-refractivity contribution in [1.29, 1.82) is 0 Å². The summed E-state index contributed by atoms with van der Waals surface area (Å²) in [6.07, 6.45) is 0. The van der Waals surface area contributed by atoms with Gasteiger partial charge in [0, 0.05) is 12.7 Å². The highest BCUT2D eigenvalue weighted by Gasteiger charge is 2.24. The predicted octanol–water partition coefficient (Wildman–Crippen LogP) is 3.17. The molecule has 2 rings (SSSR count). The third-order valence-corrected chi connectivity index (χ3v) is 3.46. The van der Waals surface area contributed by atoms with Crippen LogP contribution >= 0.6 is 0 Å². The number of carbonyl (C=O) groups excluding carboxylic acids is 1. The van der Waals surface area contributed by atoms with E-state index in [0.29, 0.717) is 24.7 Å². The molecule has 2 aromatic rings. The molecule has 27 heavy (non-hydrogen) atoms. The molecule has 142 valence electrons. The molecule has 0 fully saturated rings. The predicted molar refractivity (Wildman–Crippen MR) is 96.1 cm³/mol. The second-order valence-corrected chi connectivity index (χ2v) is 5.21. The molecule has 1 amide bonds. The Morgan fingerprint density at radius 1 is 1.07 bits per heavy atom. The zero-order valence-corrected chi connectivity index (χ0v) is 14.4. The molecular formula is C17H17N3O7. The minimum Gasteiger partial charge on any atom is -0.489 e. The number of hydrogen-bond acceptors (Lipinski definition) is 7. The molecule has 0 aliphatic rings. The fraction of sp³-hybridized carbons (Fsp3) is 0.235. The number of non-ortho nitro benzene ring substituents is 1. The highest BCUT2D eigenvalue weighted by atomic mass is 16.6. The van der Waals surface area contributed by atoms with Gasteiger partial charge in [0.2, 0.25) is 0 Å². The van der Waals surface area contributed by atoms with Crippen LogP contribution in [0.1, 0.15) is 17.3 Å². The van der Waals surface area contributed by atoms with Crippen LogP contribution in [0.25, 0.3) is 0 Å². The van der Waals surface area contributed by atoms with Crippen LogP contribution in [0.3, 0.4) is 0 Å². The first-order chi connectivity index (χ1) is 12.9. The normalized spacial score (nSPS) is 10.3. The second kappa shape index (κ2) is 9.25. The molecule has 0 saturated heterocycles. The molecule has 0 bridgehead atoms. The fourth-order valence-corrected chi connectivity index (χ4v) is 2.22. The van der Waals surface area contributed by atoms with Gasteiger partial charge in [0.1, 0.15) is 17.9 Å². The van der Waals surface area contributed by atoms with Gasteiger partial charge in [-0.1, -0.05) is 12.1 Å². The fourth-order valence-electron chi connectivity index (χ4n) is 2.22. The largest absolute Gasteiger partial charge is 0.489 e. The maximum atomic E-state index is 12.5. The molecule has 0 heterocycles. The van der Waals surface area contributed by atoms with E-state index in [4.69, 9.17) is 9.47 Å². The zero-order valence-electron chi connectivity index (χ0n) is 14.4. The van der Waals surface area contributed by atoms with Gasteiger partial charge < -0.3 is 14.8 Å². The molecular weight excluding hydrogens is 358 g/mol. The topological polar surface area (TPSA) is 134 Å². The number of nitro benzene ring substituents is 2. The molecule has 10 nitrogen and oxygen atoms in total. The number of rotatable bonds is 9. The van der Waals surface area contributed by atoms with E-state index in [1.165, 1.54) is 0 Å². The molecule has 0 radical (unpaired) electrons. The van der Waals surface area contributed by atoms with Crippen molar-refractivity contribution < 1.29 is 24.1 Å². The highest BCUT2D eigenvalue weighted by Crippen LogP contribution is 2.28. The molecule has 0 aromatic heterocycles. The molecule has 2 aromatic carbocycles. The molecule has 0 aliphatic carbocycles. The molecule has 10 heteroatoms. The smallest absolute Gasteiger partial charge is 0.289 e. The number of ether oxygens (including phenoxy) is 2. The Labute approximate surface area is 154 Å². The summed E-state index contributed by atoms with van der Waals surface area (Å²) in [5.74, 6) is -0.410. The van der Waals surface area contributed by atoms with Crippen LogP contribution in [0.2, 0.25) is 0 Å². The summed E-state index contributed by atoms with van der Waals surface area (Å²) in [6, 6.07) is 9.40. The minimum absolute atomic E-state index is 0.262. The Bertz CT molecular complexity index is 854. The van der Waals surface area contributed by atoms with E-state index < -0.39 is 27.1 Å². The Balaban J connectivity index is 2.23. The van der Waals surface area contributed by atoms with Gasteiger partial charge in [0.15, 0.2) is 0 Å². The molecule has 0 spiro atoms. The van der Waals surface area contributed by atoms with Crippen molar-refractivity contribution in [1.82, 2.24) is 0 Å². The molecule has 0 aliphatic heterocycles. The maximum absolute atomic E-state index is 12.5.